The molecule has 1 fully saturated rings. The Hall–Kier alpha value is -2.04. The molecule has 0 spiro atoms. The Balaban J connectivity index is 1.19. The van der Waals surface area contributed by atoms with Crippen LogP contribution >= 0.6 is 0 Å². The SMILES string of the molecule is COc1ccc(C2CCN(CCCOc3ccc4c(c3)CN(C(C)C)CCC4)CC2)cc1. The highest BCUT2D eigenvalue weighted by molar-refractivity contribution is 5.36. The van der Waals surface area contributed by atoms with Crippen molar-refractivity contribution in [1.29, 1.82) is 0 Å². The van der Waals surface area contributed by atoms with Crippen molar-refractivity contribution in [1.82, 2.24) is 9.80 Å². The van der Waals surface area contributed by atoms with E-state index in [9.17, 15) is 0 Å². The zero-order valence-corrected chi connectivity index (χ0v) is 20.2. The number of benzene rings is 2. The van der Waals surface area contributed by atoms with E-state index in [-0.39, 0.29) is 0 Å². The first-order valence-electron chi connectivity index (χ1n) is 12.5. The smallest absolute Gasteiger partial charge is 0.119 e. The van der Waals surface area contributed by atoms with Crippen molar-refractivity contribution in [2.75, 3.05) is 39.9 Å². The number of fused-ring (bicyclic) bond motifs is 1. The predicted octanol–water partition coefficient (Wildman–Crippen LogP) is 5.50. The van der Waals surface area contributed by atoms with Gasteiger partial charge in [-0.2, -0.15) is 0 Å². The number of piperidine rings is 1. The summed E-state index contributed by atoms with van der Waals surface area (Å²) in [5, 5.41) is 0. The highest BCUT2D eigenvalue weighted by Gasteiger charge is 2.20. The van der Waals surface area contributed by atoms with Crippen LogP contribution in [0.1, 0.15) is 62.1 Å². The molecule has 2 aromatic rings. The largest absolute Gasteiger partial charge is 0.497 e. The van der Waals surface area contributed by atoms with E-state index >= 15 is 0 Å². The van der Waals surface area contributed by atoms with E-state index in [1.54, 1.807) is 7.11 Å². The van der Waals surface area contributed by atoms with Gasteiger partial charge in [-0.05, 0) is 112 Å². The Kier molecular flexibility index (Phi) is 8.10. The van der Waals surface area contributed by atoms with Crippen LogP contribution < -0.4 is 9.47 Å². The Morgan fingerprint density at radius 1 is 0.938 bits per heavy atom. The summed E-state index contributed by atoms with van der Waals surface area (Å²) in [5.74, 6) is 2.66. The number of ether oxygens (including phenoxy) is 2. The summed E-state index contributed by atoms with van der Waals surface area (Å²) < 4.78 is 11.4. The molecule has 0 N–H and O–H groups in total. The van der Waals surface area contributed by atoms with Crippen molar-refractivity contribution in [3.63, 3.8) is 0 Å². The predicted molar refractivity (Wildman–Crippen MR) is 132 cm³/mol. The van der Waals surface area contributed by atoms with Crippen LogP contribution in [0.2, 0.25) is 0 Å². The van der Waals surface area contributed by atoms with E-state index in [2.05, 4.69) is 66.1 Å². The van der Waals surface area contributed by atoms with Gasteiger partial charge in [-0.3, -0.25) is 4.90 Å². The molecule has 32 heavy (non-hydrogen) atoms. The first kappa shape index (κ1) is 23.1. The van der Waals surface area contributed by atoms with Gasteiger partial charge in [-0.15, -0.1) is 0 Å². The van der Waals surface area contributed by atoms with E-state index in [0.717, 1.165) is 37.6 Å². The van der Waals surface area contributed by atoms with Crippen LogP contribution in [0.4, 0.5) is 0 Å². The first-order chi connectivity index (χ1) is 15.6. The second-order valence-corrected chi connectivity index (χ2v) is 9.69. The topological polar surface area (TPSA) is 24.9 Å². The van der Waals surface area contributed by atoms with Crippen LogP contribution in [0.3, 0.4) is 0 Å². The van der Waals surface area contributed by atoms with Crippen molar-refractivity contribution in [2.24, 2.45) is 0 Å². The molecule has 0 saturated carbocycles. The number of likely N-dealkylation sites (tertiary alicyclic amines) is 1. The number of nitrogens with zero attached hydrogens (tertiary/aromatic N) is 2. The van der Waals surface area contributed by atoms with Gasteiger partial charge in [0, 0.05) is 19.1 Å². The number of methoxy groups -OCH3 is 1. The zero-order chi connectivity index (χ0) is 22.3. The monoisotopic (exact) mass is 436 g/mol. The Morgan fingerprint density at radius 3 is 2.41 bits per heavy atom. The standard InChI is InChI=1S/C28H40N2O2/c1-22(2)30-16-4-6-23-9-12-28(20-26(23)21-30)32-19-5-15-29-17-13-25(14-18-29)24-7-10-27(31-3)11-8-24/h7-12,20,22,25H,4-6,13-19,21H2,1-3H3. The fraction of sp³-hybridized carbons (Fsp3) is 0.571. The highest BCUT2D eigenvalue weighted by Crippen LogP contribution is 2.29. The third-order valence-corrected chi connectivity index (χ3v) is 7.24. The molecule has 2 heterocycles. The van der Waals surface area contributed by atoms with E-state index in [1.807, 2.05) is 0 Å². The van der Waals surface area contributed by atoms with Gasteiger partial charge in [0.2, 0.25) is 0 Å². The van der Waals surface area contributed by atoms with Gasteiger partial charge in [0.25, 0.3) is 0 Å². The van der Waals surface area contributed by atoms with E-state index in [1.165, 1.54) is 62.0 Å². The summed E-state index contributed by atoms with van der Waals surface area (Å²) in [6, 6.07) is 16.0. The second kappa shape index (κ2) is 11.2. The first-order valence-corrected chi connectivity index (χ1v) is 12.5. The van der Waals surface area contributed by atoms with Gasteiger partial charge < -0.3 is 14.4 Å². The lowest BCUT2D eigenvalue weighted by Gasteiger charge is -2.32. The number of aryl methyl sites for hydroxylation is 1. The highest BCUT2D eigenvalue weighted by atomic mass is 16.5. The minimum atomic E-state index is 0.597. The molecular weight excluding hydrogens is 396 g/mol. The van der Waals surface area contributed by atoms with Gasteiger partial charge in [0.05, 0.1) is 13.7 Å². The summed E-state index contributed by atoms with van der Waals surface area (Å²) >= 11 is 0. The van der Waals surface area contributed by atoms with Gasteiger partial charge in [-0.1, -0.05) is 18.2 Å². The molecule has 1 saturated heterocycles. The number of hydrogen-bond donors (Lipinski definition) is 0. The fourth-order valence-electron chi connectivity index (χ4n) is 5.14. The minimum Gasteiger partial charge on any atom is -0.497 e. The Bertz CT molecular complexity index is 841. The minimum absolute atomic E-state index is 0.597. The lowest BCUT2D eigenvalue weighted by Crippen LogP contribution is -2.34. The number of rotatable bonds is 8. The third-order valence-electron chi connectivity index (χ3n) is 7.24. The molecule has 0 unspecified atom stereocenters. The molecule has 4 heteroatoms. The van der Waals surface area contributed by atoms with E-state index in [4.69, 9.17) is 9.47 Å². The maximum absolute atomic E-state index is 6.15. The lowest BCUT2D eigenvalue weighted by molar-refractivity contribution is 0.192. The maximum atomic E-state index is 6.15. The van der Waals surface area contributed by atoms with Crippen LogP contribution in [-0.4, -0.2) is 55.7 Å². The van der Waals surface area contributed by atoms with Crippen molar-refractivity contribution >= 4 is 0 Å². The molecule has 0 aliphatic carbocycles. The maximum Gasteiger partial charge on any atom is 0.119 e. The van der Waals surface area contributed by atoms with E-state index in [0.29, 0.717) is 12.0 Å². The quantitative estimate of drug-likeness (QED) is 0.510. The molecule has 4 rings (SSSR count). The van der Waals surface area contributed by atoms with Crippen molar-refractivity contribution < 1.29 is 9.47 Å². The second-order valence-electron chi connectivity index (χ2n) is 9.69. The summed E-state index contributed by atoms with van der Waals surface area (Å²) in [6.07, 6.45) is 6.00. The van der Waals surface area contributed by atoms with Gasteiger partial charge >= 0.3 is 0 Å². The van der Waals surface area contributed by atoms with Gasteiger partial charge in [0.15, 0.2) is 0 Å². The lowest BCUT2D eigenvalue weighted by atomic mass is 9.89. The van der Waals surface area contributed by atoms with Gasteiger partial charge in [-0.25, -0.2) is 0 Å². The molecule has 0 atom stereocenters. The Morgan fingerprint density at radius 2 is 1.69 bits per heavy atom. The van der Waals surface area contributed by atoms with Crippen LogP contribution in [-0.2, 0) is 13.0 Å². The molecule has 2 aliphatic heterocycles. The van der Waals surface area contributed by atoms with Crippen LogP contribution in [0.5, 0.6) is 11.5 Å². The summed E-state index contributed by atoms with van der Waals surface area (Å²) in [5.41, 5.74) is 4.41. The van der Waals surface area contributed by atoms with Crippen LogP contribution in [0, 0.1) is 0 Å². The summed E-state index contributed by atoms with van der Waals surface area (Å²) in [7, 11) is 1.73. The summed E-state index contributed by atoms with van der Waals surface area (Å²) in [4.78, 5) is 5.17. The molecule has 2 aromatic carbocycles. The summed E-state index contributed by atoms with van der Waals surface area (Å²) in [6.45, 7) is 11.1. The van der Waals surface area contributed by atoms with Crippen LogP contribution in [0.15, 0.2) is 42.5 Å². The average Bonchev–Trinajstić information content (AvgIpc) is 3.05. The molecule has 2 aliphatic rings. The average molecular weight is 437 g/mol. The number of hydrogen-bond acceptors (Lipinski definition) is 4. The van der Waals surface area contributed by atoms with Crippen LogP contribution in [0.25, 0.3) is 0 Å². The zero-order valence-electron chi connectivity index (χ0n) is 20.2. The molecule has 0 radical (unpaired) electrons. The molecule has 174 valence electrons. The van der Waals surface area contributed by atoms with Crippen molar-refractivity contribution in [2.45, 2.75) is 64.5 Å². The molecule has 0 amide bonds. The molecule has 4 nitrogen and oxygen atoms in total. The molecular formula is C28H40N2O2. The van der Waals surface area contributed by atoms with Gasteiger partial charge in [0.1, 0.15) is 11.5 Å². The fourth-order valence-corrected chi connectivity index (χ4v) is 5.14. The van der Waals surface area contributed by atoms with Crippen molar-refractivity contribution in [3.05, 3.63) is 59.2 Å². The Labute approximate surface area is 194 Å². The third kappa shape index (κ3) is 6.05. The normalized spacial score (nSPS) is 18.4. The molecule has 0 aromatic heterocycles. The van der Waals surface area contributed by atoms with E-state index < -0.39 is 0 Å². The molecule has 0 bridgehead atoms. The van der Waals surface area contributed by atoms with Crippen molar-refractivity contribution in [3.8, 4) is 11.5 Å².